The van der Waals surface area contributed by atoms with Crippen LogP contribution in [-0.2, 0) is 9.84 Å². The first-order chi connectivity index (χ1) is 18.6. The average molecular weight is 583 g/mol. The molecule has 7 heteroatoms. The first kappa shape index (κ1) is 29.4. The lowest BCUT2D eigenvalue weighted by Gasteiger charge is -2.33. The lowest BCUT2D eigenvalue weighted by atomic mass is 9.92. The van der Waals surface area contributed by atoms with Crippen molar-refractivity contribution >= 4 is 33.4 Å². The highest BCUT2D eigenvalue weighted by atomic mass is 32.3. The maximum Gasteiger partial charge on any atom is 0.176 e. The molecule has 0 bridgehead atoms. The second-order valence-corrected chi connectivity index (χ2v) is 14.4. The van der Waals surface area contributed by atoms with Gasteiger partial charge in [0.15, 0.2) is 9.84 Å². The van der Waals surface area contributed by atoms with E-state index >= 15 is 0 Å². The molecule has 0 N–H and O–H groups in total. The third kappa shape index (κ3) is 6.59. The Morgan fingerprint density at radius 1 is 0.564 bits per heavy atom. The van der Waals surface area contributed by atoms with Crippen LogP contribution >= 0.6 is 23.5 Å². The van der Waals surface area contributed by atoms with Gasteiger partial charge in [-0.05, 0) is 72.9 Å². The monoisotopic (exact) mass is 582 g/mol. The largest absolute Gasteiger partial charge is 0.226 e. The van der Waals surface area contributed by atoms with E-state index in [-0.39, 0.29) is 0 Å². The van der Waals surface area contributed by atoms with Gasteiger partial charge in [0.1, 0.15) is 20.8 Å². The number of rotatable bonds is 10. The summed E-state index contributed by atoms with van der Waals surface area (Å²) in [5, 5.41) is 0. The minimum Gasteiger partial charge on any atom is -0.226 e. The summed E-state index contributed by atoms with van der Waals surface area (Å²) in [4.78, 5) is 0. The second-order valence-electron chi connectivity index (χ2n) is 9.68. The smallest absolute Gasteiger partial charge is 0.176 e. The Morgan fingerprint density at radius 3 is 1.23 bits per heavy atom. The van der Waals surface area contributed by atoms with Crippen LogP contribution in [0.25, 0.3) is 0 Å². The number of hydrogen-bond acceptors (Lipinski definition) is 4. The highest BCUT2D eigenvalue weighted by Gasteiger charge is 2.44. The number of halogens is 2. The Bertz CT molecular complexity index is 1390. The molecule has 0 spiro atoms. The molecule has 0 saturated carbocycles. The topological polar surface area (TPSA) is 34.1 Å². The van der Waals surface area contributed by atoms with Crippen LogP contribution in [0.3, 0.4) is 0 Å². The molecular formula is C32H32F2O2S3. The summed E-state index contributed by atoms with van der Waals surface area (Å²) < 4.78 is 56.5. The normalized spacial score (nSPS) is 14.9. The SMILES string of the molecule is CSC(C(c1ccc(C)cc1)c1cccc(F)c1)S(=O)(=O)C(SC)C(c1ccc(C)cc1)c1cccc(F)c1. The first-order valence-corrected chi connectivity index (χ1v) is 16.8. The van der Waals surface area contributed by atoms with Crippen molar-refractivity contribution in [2.24, 2.45) is 0 Å². The zero-order chi connectivity index (χ0) is 28.2. The van der Waals surface area contributed by atoms with Crippen molar-refractivity contribution in [1.82, 2.24) is 0 Å². The van der Waals surface area contributed by atoms with Crippen LogP contribution in [0.1, 0.15) is 45.2 Å². The Balaban J connectivity index is 1.90. The minimum absolute atomic E-state index is 0.416. The fourth-order valence-corrected chi connectivity index (χ4v) is 10.9. The zero-order valence-corrected chi connectivity index (χ0v) is 24.8. The molecule has 4 unspecified atom stereocenters. The summed E-state index contributed by atoms with van der Waals surface area (Å²) in [5.41, 5.74) is 4.89. The van der Waals surface area contributed by atoms with Gasteiger partial charge in [0, 0.05) is 11.8 Å². The molecule has 4 rings (SSSR count). The van der Waals surface area contributed by atoms with E-state index in [1.807, 2.05) is 62.4 Å². The summed E-state index contributed by atoms with van der Waals surface area (Å²) in [6, 6.07) is 27.8. The molecule has 0 aliphatic heterocycles. The van der Waals surface area contributed by atoms with Crippen LogP contribution < -0.4 is 0 Å². The molecule has 204 valence electrons. The van der Waals surface area contributed by atoms with Crippen molar-refractivity contribution in [3.8, 4) is 0 Å². The number of benzene rings is 4. The van der Waals surface area contributed by atoms with E-state index in [4.69, 9.17) is 0 Å². The number of aryl methyl sites for hydroxylation is 2. The first-order valence-electron chi connectivity index (χ1n) is 12.6. The Hall–Kier alpha value is -2.61. The van der Waals surface area contributed by atoms with Crippen LogP contribution in [0.2, 0.25) is 0 Å². The summed E-state index contributed by atoms with van der Waals surface area (Å²) in [6.07, 6.45) is 3.56. The summed E-state index contributed by atoms with van der Waals surface area (Å²) in [5.74, 6) is -2.05. The van der Waals surface area contributed by atoms with Crippen molar-refractivity contribution in [2.75, 3.05) is 12.5 Å². The molecule has 0 radical (unpaired) electrons. The van der Waals surface area contributed by atoms with E-state index in [0.717, 1.165) is 22.3 Å². The molecule has 0 fully saturated rings. The van der Waals surface area contributed by atoms with Crippen molar-refractivity contribution in [2.45, 2.75) is 34.8 Å². The minimum atomic E-state index is -3.92. The van der Waals surface area contributed by atoms with Gasteiger partial charge in [-0.1, -0.05) is 83.9 Å². The molecule has 0 aliphatic rings. The van der Waals surface area contributed by atoms with Gasteiger partial charge in [-0.25, -0.2) is 17.2 Å². The lowest BCUT2D eigenvalue weighted by molar-refractivity contribution is 0.578. The Labute approximate surface area is 239 Å². The van der Waals surface area contributed by atoms with Gasteiger partial charge in [0.05, 0.1) is 0 Å². The molecule has 2 nitrogen and oxygen atoms in total. The zero-order valence-electron chi connectivity index (χ0n) is 22.3. The van der Waals surface area contributed by atoms with Crippen molar-refractivity contribution < 1.29 is 17.2 Å². The van der Waals surface area contributed by atoms with Gasteiger partial charge in [0.2, 0.25) is 0 Å². The van der Waals surface area contributed by atoms with Crippen LogP contribution in [-0.4, -0.2) is 30.1 Å². The molecular weight excluding hydrogens is 551 g/mol. The maximum atomic E-state index is 14.7. The third-order valence-electron chi connectivity index (χ3n) is 6.95. The fraction of sp³-hybridized carbons (Fsp3) is 0.250. The van der Waals surface area contributed by atoms with Gasteiger partial charge in [-0.3, -0.25) is 0 Å². The lowest BCUT2D eigenvalue weighted by Crippen LogP contribution is -2.37. The predicted octanol–water partition coefficient (Wildman–Crippen LogP) is 8.34. The van der Waals surface area contributed by atoms with Gasteiger partial charge in [-0.2, -0.15) is 0 Å². The van der Waals surface area contributed by atoms with E-state index in [1.165, 1.54) is 47.8 Å². The van der Waals surface area contributed by atoms with E-state index in [0.29, 0.717) is 11.1 Å². The summed E-state index contributed by atoms with van der Waals surface area (Å²) >= 11 is 2.49. The van der Waals surface area contributed by atoms with E-state index < -0.39 is 42.5 Å². The molecule has 39 heavy (non-hydrogen) atoms. The second kappa shape index (κ2) is 12.7. The predicted molar refractivity (Wildman–Crippen MR) is 162 cm³/mol. The van der Waals surface area contributed by atoms with Gasteiger partial charge >= 0.3 is 0 Å². The van der Waals surface area contributed by atoms with Crippen molar-refractivity contribution in [1.29, 1.82) is 0 Å². The van der Waals surface area contributed by atoms with Gasteiger partial charge in [-0.15, -0.1) is 23.5 Å². The molecule has 0 aromatic heterocycles. The van der Waals surface area contributed by atoms with Crippen molar-refractivity contribution in [3.63, 3.8) is 0 Å². The van der Waals surface area contributed by atoms with Crippen LogP contribution in [0, 0.1) is 25.5 Å². The molecule has 4 aromatic rings. The van der Waals surface area contributed by atoms with Gasteiger partial charge in [0.25, 0.3) is 0 Å². The van der Waals surface area contributed by atoms with Gasteiger partial charge < -0.3 is 0 Å². The molecule has 0 heterocycles. The fourth-order valence-electron chi connectivity index (χ4n) is 5.01. The van der Waals surface area contributed by atoms with Crippen LogP contribution in [0.4, 0.5) is 8.78 Å². The average Bonchev–Trinajstić information content (AvgIpc) is 2.91. The number of thioether (sulfide) groups is 2. The highest BCUT2D eigenvalue weighted by molar-refractivity contribution is 8.20. The molecule has 0 saturated heterocycles. The molecule has 0 amide bonds. The quantitative estimate of drug-likeness (QED) is 0.188. The van der Waals surface area contributed by atoms with Crippen LogP contribution in [0.5, 0.6) is 0 Å². The van der Waals surface area contributed by atoms with Crippen molar-refractivity contribution in [3.05, 3.63) is 142 Å². The third-order valence-corrected chi connectivity index (χ3v) is 13.0. The maximum absolute atomic E-state index is 14.7. The standard InChI is InChI=1S/C32H32F2O2S3/c1-21-11-15-23(16-12-21)29(25-7-5-9-27(33)19-25)31(37-3)39(35,36)32(38-4)30(24-17-13-22(2)14-18-24)26-8-6-10-28(34)20-26/h5-20,29-32H,1-4H3. The highest BCUT2D eigenvalue weighted by Crippen LogP contribution is 2.45. The van der Waals surface area contributed by atoms with E-state index in [9.17, 15) is 17.2 Å². The Morgan fingerprint density at radius 2 is 0.923 bits per heavy atom. The van der Waals surface area contributed by atoms with E-state index in [2.05, 4.69) is 0 Å². The number of hydrogen-bond donors (Lipinski definition) is 0. The summed E-state index contributed by atoms with van der Waals surface area (Å²) in [6.45, 7) is 3.94. The molecule has 4 atom stereocenters. The Kier molecular flexibility index (Phi) is 9.57. The van der Waals surface area contributed by atoms with Crippen LogP contribution in [0.15, 0.2) is 97.1 Å². The summed E-state index contributed by atoms with van der Waals surface area (Å²) in [7, 11) is -3.92. The number of sulfone groups is 1. The molecule has 4 aromatic carbocycles. The van der Waals surface area contributed by atoms with E-state index in [1.54, 1.807) is 36.8 Å². The molecule has 0 aliphatic carbocycles.